The van der Waals surface area contributed by atoms with Gasteiger partial charge in [0.25, 0.3) is 5.91 Å². The van der Waals surface area contributed by atoms with Crippen molar-refractivity contribution in [3.63, 3.8) is 0 Å². The number of rotatable bonds is 5. The monoisotopic (exact) mass is 398 g/mol. The summed E-state index contributed by atoms with van der Waals surface area (Å²) in [6.45, 7) is 5.62. The first-order valence-electron chi connectivity index (χ1n) is 10.7. The SMILES string of the molecule is COc1cc(C(=O)N2CCC[C@H]2c2nnc3n2CCCCC3)ccc1OC(C)C. The molecule has 156 valence electrons. The predicted molar refractivity (Wildman–Crippen MR) is 109 cm³/mol. The standard InChI is InChI=1S/C22H30N4O3/c1-15(2)29-18-11-10-16(14-19(18)28-3)22(27)25-13-7-8-17(25)21-24-23-20-9-5-4-6-12-26(20)21/h10-11,14-15,17H,4-9,12-13H2,1-3H3/t17-/m0/s1. The van der Waals surface area contributed by atoms with E-state index >= 15 is 0 Å². The van der Waals surface area contributed by atoms with Crippen LogP contribution in [0.25, 0.3) is 0 Å². The molecule has 0 bridgehead atoms. The number of ether oxygens (including phenoxy) is 2. The number of methoxy groups -OCH3 is 1. The number of aryl methyl sites for hydroxylation is 1. The maximum atomic E-state index is 13.4. The van der Waals surface area contributed by atoms with E-state index in [1.54, 1.807) is 13.2 Å². The quantitative estimate of drug-likeness (QED) is 0.767. The Morgan fingerprint density at radius 3 is 2.76 bits per heavy atom. The van der Waals surface area contributed by atoms with Crippen molar-refractivity contribution in [2.45, 2.75) is 71.1 Å². The molecule has 0 aliphatic carbocycles. The highest BCUT2D eigenvalue weighted by Crippen LogP contribution is 2.35. The number of hydrogen-bond acceptors (Lipinski definition) is 5. The zero-order valence-corrected chi connectivity index (χ0v) is 17.6. The highest BCUT2D eigenvalue weighted by molar-refractivity contribution is 5.95. The molecule has 3 heterocycles. The average molecular weight is 399 g/mol. The fraction of sp³-hybridized carbons (Fsp3) is 0.591. The molecule has 0 unspecified atom stereocenters. The number of amides is 1. The minimum Gasteiger partial charge on any atom is -0.493 e. The van der Waals surface area contributed by atoms with E-state index in [0.29, 0.717) is 17.1 Å². The van der Waals surface area contributed by atoms with Gasteiger partial charge in [-0.25, -0.2) is 0 Å². The molecule has 0 saturated carbocycles. The van der Waals surface area contributed by atoms with Crippen LogP contribution in [0.1, 0.15) is 74.0 Å². The molecule has 29 heavy (non-hydrogen) atoms. The minimum atomic E-state index is -0.0144. The van der Waals surface area contributed by atoms with Crippen molar-refractivity contribution in [2.24, 2.45) is 0 Å². The molecular formula is C22H30N4O3. The second kappa shape index (κ2) is 8.43. The van der Waals surface area contributed by atoms with Gasteiger partial charge < -0.3 is 18.9 Å². The third-order valence-corrected chi connectivity index (χ3v) is 5.72. The van der Waals surface area contributed by atoms with Crippen LogP contribution in [0.15, 0.2) is 18.2 Å². The van der Waals surface area contributed by atoms with Gasteiger partial charge >= 0.3 is 0 Å². The summed E-state index contributed by atoms with van der Waals surface area (Å²) < 4.78 is 13.5. The first-order valence-corrected chi connectivity index (χ1v) is 10.7. The highest BCUT2D eigenvalue weighted by atomic mass is 16.5. The molecule has 0 N–H and O–H groups in total. The first-order chi connectivity index (χ1) is 14.1. The van der Waals surface area contributed by atoms with Crippen LogP contribution < -0.4 is 9.47 Å². The number of hydrogen-bond donors (Lipinski definition) is 0. The van der Waals surface area contributed by atoms with E-state index in [1.807, 2.05) is 30.9 Å². The van der Waals surface area contributed by atoms with Crippen LogP contribution in [0.4, 0.5) is 0 Å². The number of carbonyl (C=O) groups excluding carboxylic acids is 1. The molecule has 7 heteroatoms. The van der Waals surface area contributed by atoms with E-state index < -0.39 is 0 Å². The number of benzene rings is 1. The predicted octanol–water partition coefficient (Wildman–Crippen LogP) is 3.78. The van der Waals surface area contributed by atoms with Gasteiger partial charge in [-0.15, -0.1) is 10.2 Å². The molecule has 0 radical (unpaired) electrons. The molecule has 7 nitrogen and oxygen atoms in total. The van der Waals surface area contributed by atoms with Crippen LogP contribution in [-0.2, 0) is 13.0 Å². The van der Waals surface area contributed by atoms with Gasteiger partial charge in [0.2, 0.25) is 0 Å². The topological polar surface area (TPSA) is 69.5 Å². The normalized spacial score (nSPS) is 19.2. The lowest BCUT2D eigenvalue weighted by Gasteiger charge is -2.25. The summed E-state index contributed by atoms with van der Waals surface area (Å²) in [6, 6.07) is 5.40. The fourth-order valence-electron chi connectivity index (χ4n) is 4.35. The van der Waals surface area contributed by atoms with Gasteiger partial charge in [0, 0.05) is 25.1 Å². The smallest absolute Gasteiger partial charge is 0.254 e. The molecule has 1 fully saturated rings. The summed E-state index contributed by atoms with van der Waals surface area (Å²) in [5.74, 6) is 3.25. The molecule has 4 rings (SSSR count). The Labute approximate surface area is 172 Å². The van der Waals surface area contributed by atoms with E-state index in [1.165, 1.54) is 6.42 Å². The van der Waals surface area contributed by atoms with Crippen molar-refractivity contribution in [3.05, 3.63) is 35.4 Å². The van der Waals surface area contributed by atoms with Gasteiger partial charge in [-0.1, -0.05) is 6.42 Å². The third-order valence-electron chi connectivity index (χ3n) is 5.72. The zero-order chi connectivity index (χ0) is 20.4. The second-order valence-electron chi connectivity index (χ2n) is 8.13. The van der Waals surface area contributed by atoms with E-state index in [0.717, 1.165) is 56.8 Å². The Morgan fingerprint density at radius 1 is 1.10 bits per heavy atom. The Morgan fingerprint density at radius 2 is 1.97 bits per heavy atom. The zero-order valence-electron chi connectivity index (χ0n) is 17.6. The van der Waals surface area contributed by atoms with Gasteiger partial charge in [0.1, 0.15) is 5.82 Å². The summed E-state index contributed by atoms with van der Waals surface area (Å²) in [4.78, 5) is 15.3. The highest BCUT2D eigenvalue weighted by Gasteiger charge is 2.35. The first kappa shape index (κ1) is 19.7. The van der Waals surface area contributed by atoms with Gasteiger partial charge in [-0.3, -0.25) is 4.79 Å². The Kier molecular flexibility index (Phi) is 5.74. The van der Waals surface area contributed by atoms with Crippen molar-refractivity contribution in [1.29, 1.82) is 0 Å². The molecule has 1 aromatic heterocycles. The maximum absolute atomic E-state index is 13.4. The number of nitrogens with zero attached hydrogens (tertiary/aromatic N) is 4. The lowest BCUT2D eigenvalue weighted by atomic mass is 10.1. The van der Waals surface area contributed by atoms with E-state index in [-0.39, 0.29) is 18.1 Å². The molecule has 2 aromatic rings. The van der Waals surface area contributed by atoms with Crippen LogP contribution in [0.3, 0.4) is 0 Å². The Balaban J connectivity index is 1.59. The molecule has 2 aliphatic rings. The molecule has 2 aliphatic heterocycles. The van der Waals surface area contributed by atoms with E-state index in [4.69, 9.17) is 9.47 Å². The summed E-state index contributed by atoms with van der Waals surface area (Å²) in [7, 11) is 1.60. The molecule has 1 atom stereocenters. The number of likely N-dealkylation sites (tertiary alicyclic amines) is 1. The van der Waals surface area contributed by atoms with Crippen molar-refractivity contribution in [2.75, 3.05) is 13.7 Å². The second-order valence-corrected chi connectivity index (χ2v) is 8.13. The van der Waals surface area contributed by atoms with Gasteiger partial charge in [-0.05, 0) is 57.7 Å². The molecule has 1 amide bonds. The average Bonchev–Trinajstić information content (AvgIpc) is 3.28. The van der Waals surface area contributed by atoms with Crippen LogP contribution in [0, 0.1) is 0 Å². The summed E-state index contributed by atoms with van der Waals surface area (Å²) in [6.07, 6.45) is 6.45. The van der Waals surface area contributed by atoms with E-state index in [9.17, 15) is 4.79 Å². The van der Waals surface area contributed by atoms with Crippen molar-refractivity contribution >= 4 is 5.91 Å². The molecule has 1 saturated heterocycles. The van der Waals surface area contributed by atoms with Crippen LogP contribution in [0.2, 0.25) is 0 Å². The fourth-order valence-corrected chi connectivity index (χ4v) is 4.35. The Hall–Kier alpha value is -2.57. The lowest BCUT2D eigenvalue weighted by molar-refractivity contribution is 0.0726. The lowest BCUT2D eigenvalue weighted by Crippen LogP contribution is -2.32. The van der Waals surface area contributed by atoms with Gasteiger partial charge in [0.15, 0.2) is 17.3 Å². The van der Waals surface area contributed by atoms with Gasteiger partial charge in [0.05, 0.1) is 19.3 Å². The number of carbonyl (C=O) groups is 1. The summed E-state index contributed by atoms with van der Waals surface area (Å²) in [5, 5.41) is 8.94. The van der Waals surface area contributed by atoms with Crippen molar-refractivity contribution < 1.29 is 14.3 Å². The van der Waals surface area contributed by atoms with Crippen LogP contribution >= 0.6 is 0 Å². The minimum absolute atomic E-state index is 0.00729. The molecule has 1 aromatic carbocycles. The molecular weight excluding hydrogens is 368 g/mol. The number of fused-ring (bicyclic) bond motifs is 1. The van der Waals surface area contributed by atoms with Crippen molar-refractivity contribution in [1.82, 2.24) is 19.7 Å². The van der Waals surface area contributed by atoms with Gasteiger partial charge in [-0.2, -0.15) is 0 Å². The van der Waals surface area contributed by atoms with Crippen molar-refractivity contribution in [3.8, 4) is 11.5 Å². The largest absolute Gasteiger partial charge is 0.493 e. The van der Waals surface area contributed by atoms with Crippen LogP contribution in [-0.4, -0.2) is 45.3 Å². The molecule has 0 spiro atoms. The Bertz CT molecular complexity index is 877. The number of aromatic nitrogens is 3. The van der Waals surface area contributed by atoms with E-state index in [2.05, 4.69) is 14.8 Å². The summed E-state index contributed by atoms with van der Waals surface area (Å²) >= 11 is 0. The summed E-state index contributed by atoms with van der Waals surface area (Å²) in [5.41, 5.74) is 0.612. The third kappa shape index (κ3) is 3.95. The van der Waals surface area contributed by atoms with Crippen LogP contribution in [0.5, 0.6) is 11.5 Å². The maximum Gasteiger partial charge on any atom is 0.254 e.